The lowest BCUT2D eigenvalue weighted by molar-refractivity contribution is -0.250. The van der Waals surface area contributed by atoms with Crippen LogP contribution in [0, 0.1) is 0 Å². The highest BCUT2D eigenvalue weighted by Crippen LogP contribution is 2.34. The first kappa shape index (κ1) is 23.7. The molecule has 1 unspecified atom stereocenters. The molecule has 12 heteroatoms. The topological polar surface area (TPSA) is 91.3 Å². The minimum atomic E-state index is -4.63. The van der Waals surface area contributed by atoms with E-state index in [-0.39, 0.29) is 42.6 Å². The molecule has 1 N–H and O–H groups in total. The SMILES string of the molecule is CC1(C(F)(F)F)NN=C(c2ccc(CN(C(=O)N3CCS(=O)(=O)CC3)C3CCCC3)cc2)O1. The van der Waals surface area contributed by atoms with Crippen molar-refractivity contribution in [2.45, 2.75) is 57.1 Å². The molecular formula is C21H27F3N4O4S. The maximum Gasteiger partial charge on any atom is 0.449 e. The average Bonchev–Trinajstić information content (AvgIpc) is 3.42. The Kier molecular flexibility index (Phi) is 6.23. The van der Waals surface area contributed by atoms with Gasteiger partial charge in [-0.15, -0.1) is 5.10 Å². The van der Waals surface area contributed by atoms with Gasteiger partial charge in [-0.2, -0.15) is 13.2 Å². The second-order valence-electron chi connectivity index (χ2n) is 8.85. The van der Waals surface area contributed by atoms with Gasteiger partial charge < -0.3 is 14.5 Å². The van der Waals surface area contributed by atoms with Crippen LogP contribution in [-0.4, -0.2) is 72.7 Å². The summed E-state index contributed by atoms with van der Waals surface area (Å²) in [4.78, 5) is 16.6. The predicted octanol–water partition coefficient (Wildman–Crippen LogP) is 2.84. The molecule has 1 saturated heterocycles. The van der Waals surface area contributed by atoms with E-state index in [1.807, 2.05) is 5.43 Å². The minimum absolute atomic E-state index is 0.0288. The van der Waals surface area contributed by atoms with Crippen LogP contribution in [0.2, 0.25) is 0 Å². The van der Waals surface area contributed by atoms with Gasteiger partial charge in [0, 0.05) is 38.2 Å². The molecule has 1 aromatic carbocycles. The first-order chi connectivity index (χ1) is 15.5. The molecule has 0 radical (unpaired) electrons. The highest BCUT2D eigenvalue weighted by atomic mass is 32.2. The molecule has 2 amide bonds. The van der Waals surface area contributed by atoms with Crippen molar-refractivity contribution in [3.8, 4) is 0 Å². The van der Waals surface area contributed by atoms with E-state index in [9.17, 15) is 26.4 Å². The largest absolute Gasteiger partial charge is 0.449 e. The molecule has 2 heterocycles. The third-order valence-electron chi connectivity index (χ3n) is 6.39. The number of sulfone groups is 1. The van der Waals surface area contributed by atoms with Crippen LogP contribution >= 0.6 is 0 Å². The summed E-state index contributed by atoms with van der Waals surface area (Å²) in [7, 11) is -3.09. The molecule has 2 aliphatic heterocycles. The number of amides is 2. The van der Waals surface area contributed by atoms with E-state index in [4.69, 9.17) is 4.74 Å². The van der Waals surface area contributed by atoms with E-state index in [0.29, 0.717) is 12.1 Å². The molecule has 0 spiro atoms. The Balaban J connectivity index is 1.45. The Hall–Kier alpha value is -2.50. The van der Waals surface area contributed by atoms with Crippen LogP contribution in [0.5, 0.6) is 0 Å². The summed E-state index contributed by atoms with van der Waals surface area (Å²) in [5.74, 6) is -0.211. The maximum absolute atomic E-state index is 13.2. The summed E-state index contributed by atoms with van der Waals surface area (Å²) in [6, 6.07) is 6.61. The van der Waals surface area contributed by atoms with Gasteiger partial charge in [-0.05, 0) is 30.5 Å². The normalized spacial score (nSPS) is 25.3. The smallest absolute Gasteiger partial charge is 0.438 e. The summed E-state index contributed by atoms with van der Waals surface area (Å²) in [6.45, 7) is 1.57. The first-order valence-electron chi connectivity index (χ1n) is 10.9. The van der Waals surface area contributed by atoms with Gasteiger partial charge >= 0.3 is 12.2 Å². The van der Waals surface area contributed by atoms with E-state index < -0.39 is 21.7 Å². The molecule has 8 nitrogen and oxygen atoms in total. The van der Waals surface area contributed by atoms with Crippen molar-refractivity contribution in [1.29, 1.82) is 0 Å². The van der Waals surface area contributed by atoms with E-state index in [1.54, 1.807) is 34.1 Å². The summed E-state index contributed by atoms with van der Waals surface area (Å²) in [5, 5.41) is 3.68. The number of hydrogen-bond donors (Lipinski definition) is 1. The molecule has 3 aliphatic rings. The Morgan fingerprint density at radius 3 is 2.36 bits per heavy atom. The number of nitrogens with zero attached hydrogens (tertiary/aromatic N) is 3. The first-order valence-corrected chi connectivity index (χ1v) is 12.8. The van der Waals surface area contributed by atoms with Crippen LogP contribution in [0.25, 0.3) is 0 Å². The van der Waals surface area contributed by atoms with Crippen molar-refractivity contribution in [3.05, 3.63) is 35.4 Å². The van der Waals surface area contributed by atoms with E-state index >= 15 is 0 Å². The van der Waals surface area contributed by atoms with Crippen LogP contribution < -0.4 is 5.43 Å². The van der Waals surface area contributed by atoms with Crippen LogP contribution in [0.4, 0.5) is 18.0 Å². The lowest BCUT2D eigenvalue weighted by Gasteiger charge is -2.36. The second kappa shape index (κ2) is 8.69. The molecule has 182 valence electrons. The van der Waals surface area contributed by atoms with Crippen molar-refractivity contribution >= 4 is 21.8 Å². The molecule has 2 fully saturated rings. The highest BCUT2D eigenvalue weighted by Gasteiger charge is 2.57. The van der Waals surface area contributed by atoms with Crippen molar-refractivity contribution in [2.75, 3.05) is 24.6 Å². The van der Waals surface area contributed by atoms with Gasteiger partial charge in [0.15, 0.2) is 9.84 Å². The van der Waals surface area contributed by atoms with Crippen molar-refractivity contribution in [3.63, 3.8) is 0 Å². The van der Waals surface area contributed by atoms with Gasteiger partial charge in [-0.25, -0.2) is 13.2 Å². The summed E-state index contributed by atoms with van der Waals surface area (Å²) >= 11 is 0. The lowest BCUT2D eigenvalue weighted by atomic mass is 10.1. The average molecular weight is 489 g/mol. The fourth-order valence-electron chi connectivity index (χ4n) is 4.24. The molecule has 33 heavy (non-hydrogen) atoms. The number of ether oxygens (including phenoxy) is 1. The highest BCUT2D eigenvalue weighted by molar-refractivity contribution is 7.91. The molecular weight excluding hydrogens is 461 g/mol. The van der Waals surface area contributed by atoms with Gasteiger partial charge in [0.05, 0.1) is 11.5 Å². The molecule has 0 bridgehead atoms. The van der Waals surface area contributed by atoms with Gasteiger partial charge in [0.25, 0.3) is 5.72 Å². The Labute approximate surface area is 190 Å². The van der Waals surface area contributed by atoms with Crippen molar-refractivity contribution < 1.29 is 31.1 Å². The molecule has 1 aromatic rings. The van der Waals surface area contributed by atoms with E-state index in [2.05, 4.69) is 5.10 Å². The van der Waals surface area contributed by atoms with Crippen molar-refractivity contribution in [1.82, 2.24) is 15.2 Å². The van der Waals surface area contributed by atoms with E-state index in [0.717, 1.165) is 38.2 Å². The summed E-state index contributed by atoms with van der Waals surface area (Å²) in [5.41, 5.74) is 0.629. The standard InChI is InChI=1S/C21H27F3N4O4S/c1-20(21(22,23)24)26-25-18(32-20)16-8-6-15(7-9-16)14-28(17-4-2-3-5-17)19(29)27-10-12-33(30,31)13-11-27/h6-9,17,26H,2-5,10-14H2,1H3. The molecule has 4 rings (SSSR count). The minimum Gasteiger partial charge on any atom is -0.438 e. The third kappa shape index (κ3) is 5.04. The fourth-order valence-corrected chi connectivity index (χ4v) is 5.45. The number of halogens is 3. The number of urea groups is 1. The van der Waals surface area contributed by atoms with Crippen LogP contribution in [0.3, 0.4) is 0 Å². The lowest BCUT2D eigenvalue weighted by Crippen LogP contribution is -2.52. The van der Waals surface area contributed by atoms with Crippen molar-refractivity contribution in [2.24, 2.45) is 5.10 Å². The van der Waals surface area contributed by atoms with Gasteiger partial charge in [-0.1, -0.05) is 25.0 Å². The van der Waals surface area contributed by atoms with Crippen LogP contribution in [-0.2, 0) is 21.1 Å². The zero-order chi connectivity index (χ0) is 23.9. The zero-order valence-electron chi connectivity index (χ0n) is 18.3. The number of alkyl halides is 3. The number of nitrogens with one attached hydrogen (secondary N) is 1. The zero-order valence-corrected chi connectivity index (χ0v) is 19.1. The summed E-state index contributed by atoms with van der Waals surface area (Å²) < 4.78 is 67.9. The second-order valence-corrected chi connectivity index (χ2v) is 11.2. The predicted molar refractivity (Wildman–Crippen MR) is 115 cm³/mol. The third-order valence-corrected chi connectivity index (χ3v) is 8.00. The molecule has 1 saturated carbocycles. The van der Waals surface area contributed by atoms with Crippen LogP contribution in [0.1, 0.15) is 43.7 Å². The molecule has 1 atom stereocenters. The Morgan fingerprint density at radius 2 is 1.82 bits per heavy atom. The quantitative estimate of drug-likeness (QED) is 0.704. The number of hydrazone groups is 1. The number of rotatable bonds is 4. The fraction of sp³-hybridized carbons (Fsp3) is 0.619. The maximum atomic E-state index is 13.2. The van der Waals surface area contributed by atoms with Gasteiger partial charge in [0.2, 0.25) is 5.90 Å². The van der Waals surface area contributed by atoms with Gasteiger partial charge in [-0.3, -0.25) is 5.43 Å². The monoisotopic (exact) mass is 488 g/mol. The number of carbonyl (C=O) groups is 1. The van der Waals surface area contributed by atoms with Gasteiger partial charge in [0.1, 0.15) is 0 Å². The Bertz CT molecular complexity index is 1010. The number of carbonyl (C=O) groups excluding carboxylic acids is 1. The molecule has 1 aliphatic carbocycles. The molecule has 0 aromatic heterocycles. The number of hydrogen-bond acceptors (Lipinski definition) is 6. The Morgan fingerprint density at radius 1 is 1.21 bits per heavy atom. The number of benzene rings is 1. The van der Waals surface area contributed by atoms with Crippen LogP contribution in [0.15, 0.2) is 29.4 Å². The summed E-state index contributed by atoms with van der Waals surface area (Å²) in [6.07, 6.45) is -0.785. The van der Waals surface area contributed by atoms with E-state index in [1.165, 1.54) is 0 Å².